The van der Waals surface area contributed by atoms with Crippen molar-refractivity contribution in [2.75, 3.05) is 0 Å². The molecule has 1 aliphatic rings. The van der Waals surface area contributed by atoms with Gasteiger partial charge in [-0.15, -0.1) is 0 Å². The average Bonchev–Trinajstić information content (AvgIpc) is 3.03. The summed E-state index contributed by atoms with van der Waals surface area (Å²) in [5, 5.41) is 7.75. The van der Waals surface area contributed by atoms with Crippen molar-refractivity contribution in [3.63, 3.8) is 0 Å². The van der Waals surface area contributed by atoms with E-state index < -0.39 is 0 Å². The van der Waals surface area contributed by atoms with Crippen LogP contribution in [0, 0.1) is 12.8 Å². The van der Waals surface area contributed by atoms with Crippen molar-refractivity contribution >= 4 is 5.91 Å². The molecular weight excluding hydrogens is 310 g/mol. The number of hydrogen-bond donors (Lipinski definition) is 1. The largest absolute Gasteiger partial charge is 0.349 e. The molecule has 134 valence electrons. The first-order valence-electron chi connectivity index (χ1n) is 9.41. The van der Waals surface area contributed by atoms with Gasteiger partial charge in [0.15, 0.2) is 0 Å². The summed E-state index contributed by atoms with van der Waals surface area (Å²) in [5.74, 6) is 1.02. The predicted molar refractivity (Wildman–Crippen MR) is 101 cm³/mol. The van der Waals surface area contributed by atoms with Crippen molar-refractivity contribution in [2.24, 2.45) is 5.92 Å². The fraction of sp³-hybridized carbons (Fsp3) is 0.524. The van der Waals surface area contributed by atoms with Gasteiger partial charge in [-0.25, -0.2) is 4.68 Å². The number of benzene rings is 1. The summed E-state index contributed by atoms with van der Waals surface area (Å²) in [6.07, 6.45) is 6.28. The number of carbonyl (C=O) groups excluding carboxylic acids is 1. The highest BCUT2D eigenvalue weighted by Gasteiger charge is 2.24. The lowest BCUT2D eigenvalue weighted by atomic mass is 9.87. The molecule has 1 fully saturated rings. The Morgan fingerprint density at radius 3 is 2.40 bits per heavy atom. The first-order chi connectivity index (χ1) is 12.0. The van der Waals surface area contributed by atoms with Gasteiger partial charge in [0.05, 0.1) is 23.1 Å². The number of hydrogen-bond acceptors (Lipinski definition) is 2. The first kappa shape index (κ1) is 17.7. The summed E-state index contributed by atoms with van der Waals surface area (Å²) in [6, 6.07) is 8.55. The zero-order chi connectivity index (χ0) is 18.0. The molecule has 1 heterocycles. The van der Waals surface area contributed by atoms with Gasteiger partial charge in [0.2, 0.25) is 0 Å². The van der Waals surface area contributed by atoms with Crippen LogP contribution in [0.3, 0.4) is 0 Å². The average molecular weight is 339 g/mol. The van der Waals surface area contributed by atoms with E-state index in [2.05, 4.69) is 62.4 Å². The van der Waals surface area contributed by atoms with Crippen LogP contribution in [-0.4, -0.2) is 21.7 Å². The first-order valence-corrected chi connectivity index (χ1v) is 9.41. The van der Waals surface area contributed by atoms with Gasteiger partial charge in [0, 0.05) is 6.04 Å². The Hall–Kier alpha value is -2.10. The topological polar surface area (TPSA) is 46.9 Å². The number of carbonyl (C=O) groups is 1. The molecule has 0 bridgehead atoms. The Morgan fingerprint density at radius 2 is 1.80 bits per heavy atom. The molecule has 3 rings (SSSR count). The molecule has 0 radical (unpaired) electrons. The van der Waals surface area contributed by atoms with Gasteiger partial charge < -0.3 is 5.32 Å². The zero-order valence-electron chi connectivity index (χ0n) is 15.7. The van der Waals surface area contributed by atoms with E-state index >= 15 is 0 Å². The van der Waals surface area contributed by atoms with Crippen molar-refractivity contribution in [3.8, 4) is 5.69 Å². The van der Waals surface area contributed by atoms with Gasteiger partial charge in [-0.05, 0) is 56.6 Å². The summed E-state index contributed by atoms with van der Waals surface area (Å²) in [7, 11) is 0. The molecule has 2 aromatic rings. The molecule has 1 amide bonds. The highest BCUT2D eigenvalue weighted by atomic mass is 16.1. The molecule has 4 heteroatoms. The molecule has 0 unspecified atom stereocenters. The van der Waals surface area contributed by atoms with Crippen LogP contribution >= 0.6 is 0 Å². The van der Waals surface area contributed by atoms with E-state index in [-0.39, 0.29) is 11.8 Å². The molecule has 1 aliphatic carbocycles. The van der Waals surface area contributed by atoms with E-state index in [1.54, 1.807) is 6.20 Å². The molecule has 0 aliphatic heterocycles. The lowest BCUT2D eigenvalue weighted by Gasteiger charge is -2.27. The second kappa shape index (κ2) is 7.42. The van der Waals surface area contributed by atoms with E-state index in [1.165, 1.54) is 18.4 Å². The minimum atomic E-state index is 0.0154. The molecule has 1 aromatic carbocycles. The molecular formula is C21H29N3O. The number of aryl methyl sites for hydroxylation is 1. The third kappa shape index (κ3) is 3.94. The lowest BCUT2D eigenvalue weighted by Crippen LogP contribution is -2.37. The summed E-state index contributed by atoms with van der Waals surface area (Å²) < 4.78 is 1.90. The van der Waals surface area contributed by atoms with Crippen LogP contribution in [-0.2, 0) is 0 Å². The minimum absolute atomic E-state index is 0.0154. The van der Waals surface area contributed by atoms with E-state index in [9.17, 15) is 4.79 Å². The number of rotatable bonds is 4. The van der Waals surface area contributed by atoms with E-state index in [0.717, 1.165) is 30.1 Å². The van der Waals surface area contributed by atoms with Crippen molar-refractivity contribution in [1.29, 1.82) is 0 Å². The van der Waals surface area contributed by atoms with Crippen LogP contribution in [0.1, 0.15) is 74.0 Å². The highest BCUT2D eigenvalue weighted by Crippen LogP contribution is 2.26. The van der Waals surface area contributed by atoms with Crippen molar-refractivity contribution in [3.05, 3.63) is 47.3 Å². The quantitative estimate of drug-likeness (QED) is 0.884. The number of nitrogens with zero attached hydrogens (tertiary/aromatic N) is 2. The summed E-state index contributed by atoms with van der Waals surface area (Å²) in [4.78, 5) is 12.9. The van der Waals surface area contributed by atoms with Gasteiger partial charge in [-0.3, -0.25) is 4.79 Å². The van der Waals surface area contributed by atoms with E-state index in [1.807, 2.05) is 4.68 Å². The maximum atomic E-state index is 12.9. The molecule has 1 N–H and O–H groups in total. The van der Waals surface area contributed by atoms with Crippen LogP contribution in [0.25, 0.3) is 5.69 Å². The van der Waals surface area contributed by atoms with Crippen LogP contribution in [0.2, 0.25) is 0 Å². The third-order valence-corrected chi connectivity index (χ3v) is 5.23. The number of aromatic nitrogens is 2. The van der Waals surface area contributed by atoms with Gasteiger partial charge in [-0.1, -0.05) is 38.5 Å². The molecule has 0 atom stereocenters. The fourth-order valence-electron chi connectivity index (χ4n) is 3.65. The summed E-state index contributed by atoms with van der Waals surface area (Å²) in [5.41, 5.74) is 3.89. The van der Waals surface area contributed by atoms with Crippen LogP contribution < -0.4 is 5.32 Å². The second-order valence-corrected chi connectivity index (χ2v) is 7.78. The van der Waals surface area contributed by atoms with Crippen molar-refractivity contribution in [1.82, 2.24) is 15.1 Å². The molecule has 1 aromatic heterocycles. The zero-order valence-corrected chi connectivity index (χ0v) is 15.7. The minimum Gasteiger partial charge on any atom is -0.349 e. The van der Waals surface area contributed by atoms with Gasteiger partial charge in [0.25, 0.3) is 5.91 Å². The SMILES string of the molecule is Cc1ccc(-n2ncc(C(=O)NC3CCC(C)CC3)c2C(C)C)cc1. The number of amides is 1. The summed E-state index contributed by atoms with van der Waals surface area (Å²) in [6.45, 7) is 8.59. The molecule has 0 saturated heterocycles. The Bertz CT molecular complexity index is 722. The Morgan fingerprint density at radius 1 is 1.16 bits per heavy atom. The number of nitrogens with one attached hydrogen (secondary N) is 1. The normalized spacial score (nSPS) is 20.7. The Labute approximate surface area is 150 Å². The molecule has 25 heavy (non-hydrogen) atoms. The van der Waals surface area contributed by atoms with Crippen molar-refractivity contribution < 1.29 is 4.79 Å². The monoisotopic (exact) mass is 339 g/mol. The summed E-state index contributed by atoms with van der Waals surface area (Å²) >= 11 is 0. The molecule has 1 saturated carbocycles. The Balaban J connectivity index is 1.84. The van der Waals surface area contributed by atoms with Crippen LogP contribution in [0.5, 0.6) is 0 Å². The predicted octanol–water partition coefficient (Wildman–Crippen LogP) is 4.61. The maximum absolute atomic E-state index is 12.9. The van der Waals surface area contributed by atoms with Crippen molar-refractivity contribution in [2.45, 2.75) is 65.3 Å². The van der Waals surface area contributed by atoms with Gasteiger partial charge in [0.1, 0.15) is 0 Å². The maximum Gasteiger partial charge on any atom is 0.255 e. The standard InChI is InChI=1S/C21H29N3O/c1-14(2)20-19(21(25)23-17-9-5-15(3)6-10-17)13-22-24(20)18-11-7-16(4)8-12-18/h7-8,11-15,17H,5-6,9-10H2,1-4H3,(H,23,25). The van der Waals surface area contributed by atoms with E-state index in [0.29, 0.717) is 11.6 Å². The molecule has 4 nitrogen and oxygen atoms in total. The Kier molecular flexibility index (Phi) is 5.26. The van der Waals surface area contributed by atoms with Gasteiger partial charge >= 0.3 is 0 Å². The van der Waals surface area contributed by atoms with E-state index in [4.69, 9.17) is 0 Å². The van der Waals surface area contributed by atoms with Crippen LogP contribution in [0.4, 0.5) is 0 Å². The smallest absolute Gasteiger partial charge is 0.255 e. The second-order valence-electron chi connectivity index (χ2n) is 7.78. The van der Waals surface area contributed by atoms with Crippen LogP contribution in [0.15, 0.2) is 30.5 Å². The fourth-order valence-corrected chi connectivity index (χ4v) is 3.65. The molecule has 0 spiro atoms. The third-order valence-electron chi connectivity index (χ3n) is 5.23. The van der Waals surface area contributed by atoms with Gasteiger partial charge in [-0.2, -0.15) is 5.10 Å². The highest BCUT2D eigenvalue weighted by molar-refractivity contribution is 5.95. The lowest BCUT2D eigenvalue weighted by molar-refractivity contribution is 0.0921.